The number of nitrogens with two attached hydrogens (primary N) is 1. The Kier molecular flexibility index (Phi) is 3.92. The lowest BCUT2D eigenvalue weighted by atomic mass is 10.1. The van der Waals surface area contributed by atoms with Crippen LogP contribution < -0.4 is 10.5 Å². The van der Waals surface area contributed by atoms with Gasteiger partial charge in [-0.05, 0) is 48.9 Å². The van der Waals surface area contributed by atoms with E-state index in [0.717, 1.165) is 5.56 Å². The predicted molar refractivity (Wildman–Crippen MR) is 75.2 cm³/mol. The molecule has 98 valence electrons. The maximum absolute atomic E-state index is 8.77. The molecule has 0 aromatic heterocycles. The topological polar surface area (TPSA) is 67.8 Å². The zero-order valence-corrected chi connectivity index (χ0v) is 11.1. The first kappa shape index (κ1) is 13.2. The summed E-state index contributed by atoms with van der Waals surface area (Å²) in [7, 11) is 0. The summed E-state index contributed by atoms with van der Waals surface area (Å²) in [6.45, 7) is 1.94. The second kappa shape index (κ2) is 5.63. The Morgan fingerprint density at radius 2 is 1.89 bits per heavy atom. The van der Waals surface area contributed by atoms with Crippen molar-refractivity contribution in [2.24, 2.45) is 10.9 Å². The van der Waals surface area contributed by atoms with Gasteiger partial charge in [-0.25, -0.2) is 0 Å². The van der Waals surface area contributed by atoms with Crippen LogP contribution in [0.1, 0.15) is 11.1 Å². The Morgan fingerprint density at radius 3 is 2.53 bits per heavy atom. The van der Waals surface area contributed by atoms with E-state index in [1.165, 1.54) is 0 Å². The number of benzene rings is 2. The molecule has 0 atom stereocenters. The van der Waals surface area contributed by atoms with E-state index in [4.69, 9.17) is 27.3 Å². The Balaban J connectivity index is 2.38. The summed E-state index contributed by atoms with van der Waals surface area (Å²) in [4.78, 5) is 0. The lowest BCUT2D eigenvalue weighted by Crippen LogP contribution is -2.14. The van der Waals surface area contributed by atoms with Gasteiger partial charge in [-0.1, -0.05) is 22.8 Å². The molecule has 2 aromatic rings. The first-order chi connectivity index (χ1) is 9.10. The van der Waals surface area contributed by atoms with Gasteiger partial charge in [0.1, 0.15) is 11.5 Å². The van der Waals surface area contributed by atoms with Gasteiger partial charge in [-0.2, -0.15) is 0 Å². The van der Waals surface area contributed by atoms with E-state index in [-0.39, 0.29) is 5.84 Å². The normalized spacial score (nSPS) is 11.4. The number of nitrogens with zero attached hydrogens (tertiary/aromatic N) is 1. The van der Waals surface area contributed by atoms with E-state index in [9.17, 15) is 0 Å². The van der Waals surface area contributed by atoms with Gasteiger partial charge >= 0.3 is 0 Å². The van der Waals surface area contributed by atoms with Crippen molar-refractivity contribution in [3.63, 3.8) is 0 Å². The van der Waals surface area contributed by atoms with Crippen LogP contribution in [-0.2, 0) is 0 Å². The van der Waals surface area contributed by atoms with Crippen LogP contribution in [-0.4, -0.2) is 11.0 Å². The first-order valence-corrected chi connectivity index (χ1v) is 6.00. The summed E-state index contributed by atoms with van der Waals surface area (Å²) in [5.74, 6) is 1.16. The van der Waals surface area contributed by atoms with Crippen molar-refractivity contribution >= 4 is 17.4 Å². The fraction of sp³-hybridized carbons (Fsp3) is 0.0714. The molecule has 19 heavy (non-hydrogen) atoms. The van der Waals surface area contributed by atoms with Crippen molar-refractivity contribution in [2.45, 2.75) is 6.92 Å². The van der Waals surface area contributed by atoms with Crippen molar-refractivity contribution in [3.05, 3.63) is 58.6 Å². The van der Waals surface area contributed by atoms with Crippen LogP contribution in [0.5, 0.6) is 11.5 Å². The summed E-state index contributed by atoms with van der Waals surface area (Å²) in [5.41, 5.74) is 7.16. The Bertz CT molecular complexity index is 609. The van der Waals surface area contributed by atoms with Gasteiger partial charge in [0.2, 0.25) is 0 Å². The highest BCUT2D eigenvalue weighted by atomic mass is 35.5. The second-order valence-electron chi connectivity index (χ2n) is 4.04. The van der Waals surface area contributed by atoms with Gasteiger partial charge < -0.3 is 15.7 Å². The predicted octanol–water partition coefficient (Wildman–Crippen LogP) is 3.54. The molecule has 0 fully saturated rings. The van der Waals surface area contributed by atoms with Gasteiger partial charge in [0.25, 0.3) is 0 Å². The quantitative estimate of drug-likeness (QED) is 0.390. The van der Waals surface area contributed by atoms with E-state index in [2.05, 4.69) is 5.16 Å². The Morgan fingerprint density at radius 1 is 1.21 bits per heavy atom. The van der Waals surface area contributed by atoms with Crippen molar-refractivity contribution < 1.29 is 9.94 Å². The van der Waals surface area contributed by atoms with E-state index < -0.39 is 0 Å². The third-order valence-corrected chi connectivity index (χ3v) is 2.81. The molecule has 0 saturated carbocycles. The summed E-state index contributed by atoms with van der Waals surface area (Å²) in [5, 5.41) is 12.4. The minimum atomic E-state index is 0.00367. The summed E-state index contributed by atoms with van der Waals surface area (Å²) < 4.78 is 5.74. The molecule has 0 heterocycles. The van der Waals surface area contributed by atoms with Crippen molar-refractivity contribution in [2.75, 3.05) is 0 Å². The Labute approximate surface area is 116 Å². The van der Waals surface area contributed by atoms with Crippen LogP contribution in [0.4, 0.5) is 0 Å². The maximum atomic E-state index is 8.77. The third kappa shape index (κ3) is 3.17. The highest BCUT2D eigenvalue weighted by molar-refractivity contribution is 6.30. The largest absolute Gasteiger partial charge is 0.457 e. The smallest absolute Gasteiger partial charge is 0.173 e. The molecule has 2 rings (SSSR count). The number of rotatable bonds is 3. The van der Waals surface area contributed by atoms with Crippen LogP contribution in [0.15, 0.2) is 47.6 Å². The van der Waals surface area contributed by atoms with Gasteiger partial charge in [0, 0.05) is 5.02 Å². The average Bonchev–Trinajstić information content (AvgIpc) is 2.41. The molecule has 0 saturated heterocycles. The molecule has 5 heteroatoms. The first-order valence-electron chi connectivity index (χ1n) is 5.62. The summed E-state index contributed by atoms with van der Waals surface area (Å²) in [6.07, 6.45) is 0. The summed E-state index contributed by atoms with van der Waals surface area (Å²) >= 11 is 5.82. The number of hydrogen-bond acceptors (Lipinski definition) is 3. The van der Waals surface area contributed by atoms with Crippen molar-refractivity contribution in [1.29, 1.82) is 0 Å². The fourth-order valence-electron chi connectivity index (χ4n) is 1.61. The van der Waals surface area contributed by atoms with Gasteiger partial charge in [-0.3, -0.25) is 0 Å². The molecule has 0 bridgehead atoms. The highest BCUT2D eigenvalue weighted by Gasteiger charge is 2.09. The van der Waals surface area contributed by atoms with Crippen LogP contribution in [0.25, 0.3) is 0 Å². The fourth-order valence-corrected chi connectivity index (χ4v) is 1.74. The molecule has 0 radical (unpaired) electrons. The van der Waals surface area contributed by atoms with Gasteiger partial charge in [0.15, 0.2) is 5.84 Å². The lowest BCUT2D eigenvalue weighted by molar-refractivity contribution is 0.318. The van der Waals surface area contributed by atoms with Crippen molar-refractivity contribution in [3.8, 4) is 11.5 Å². The second-order valence-corrected chi connectivity index (χ2v) is 4.48. The SMILES string of the molecule is Cc1ccc(C(N)=NO)c(Oc2ccc(Cl)cc2)c1. The number of ether oxygens (including phenoxy) is 1. The van der Waals surface area contributed by atoms with Crippen LogP contribution in [0.2, 0.25) is 5.02 Å². The molecule has 2 aromatic carbocycles. The zero-order chi connectivity index (χ0) is 13.8. The third-order valence-electron chi connectivity index (χ3n) is 2.56. The van der Waals surface area contributed by atoms with E-state index in [0.29, 0.717) is 22.1 Å². The van der Waals surface area contributed by atoms with Crippen LogP contribution >= 0.6 is 11.6 Å². The molecule has 4 nitrogen and oxygen atoms in total. The van der Waals surface area contributed by atoms with Gasteiger partial charge in [0.05, 0.1) is 5.56 Å². The standard InChI is InChI=1S/C14H13ClN2O2/c1-9-2-7-12(14(16)17-18)13(8-9)19-11-5-3-10(15)4-6-11/h2-8,18H,1H3,(H2,16,17). The number of aryl methyl sites for hydroxylation is 1. The number of amidine groups is 1. The van der Waals surface area contributed by atoms with Crippen LogP contribution in [0.3, 0.4) is 0 Å². The highest BCUT2D eigenvalue weighted by Crippen LogP contribution is 2.27. The molecule has 0 amide bonds. The molecule has 0 aliphatic heterocycles. The zero-order valence-electron chi connectivity index (χ0n) is 10.3. The number of hydrogen-bond donors (Lipinski definition) is 2. The maximum Gasteiger partial charge on any atom is 0.173 e. The molecular weight excluding hydrogens is 264 g/mol. The Hall–Kier alpha value is -2.20. The number of oxime groups is 1. The molecule has 0 unspecified atom stereocenters. The minimum absolute atomic E-state index is 0.00367. The monoisotopic (exact) mass is 276 g/mol. The van der Waals surface area contributed by atoms with Crippen LogP contribution in [0, 0.1) is 6.92 Å². The van der Waals surface area contributed by atoms with E-state index in [1.54, 1.807) is 30.3 Å². The lowest BCUT2D eigenvalue weighted by Gasteiger charge is -2.11. The minimum Gasteiger partial charge on any atom is -0.457 e. The van der Waals surface area contributed by atoms with Crippen molar-refractivity contribution in [1.82, 2.24) is 0 Å². The molecule has 0 aliphatic carbocycles. The van der Waals surface area contributed by atoms with E-state index in [1.807, 2.05) is 19.1 Å². The summed E-state index contributed by atoms with van der Waals surface area (Å²) in [6, 6.07) is 12.4. The van der Waals surface area contributed by atoms with E-state index >= 15 is 0 Å². The molecule has 0 spiro atoms. The van der Waals surface area contributed by atoms with Gasteiger partial charge in [-0.15, -0.1) is 0 Å². The molecule has 3 N–H and O–H groups in total. The number of halogens is 1. The molecular formula is C14H13ClN2O2. The average molecular weight is 277 g/mol. The molecule has 0 aliphatic rings.